The van der Waals surface area contributed by atoms with Crippen molar-refractivity contribution in [3.05, 3.63) is 90.9 Å². The van der Waals surface area contributed by atoms with E-state index in [1.807, 2.05) is 43.3 Å². The molecule has 34 heavy (non-hydrogen) atoms. The first-order valence-electron chi connectivity index (χ1n) is 12.0. The molecule has 182 valence electrons. The maximum absolute atomic E-state index is 12.7. The molecule has 1 N–H and O–H groups in total. The summed E-state index contributed by atoms with van der Waals surface area (Å²) < 4.78 is 2.82. The van der Waals surface area contributed by atoms with Gasteiger partial charge in [0.15, 0.2) is 0 Å². The second kappa shape index (κ2) is 12.0. The molecule has 0 aliphatic carbocycles. The topological polar surface area (TPSA) is 73.1 Å². The predicted octanol–water partition coefficient (Wildman–Crippen LogP) is 4.54. The van der Waals surface area contributed by atoms with Crippen LogP contribution in [0.25, 0.3) is 0 Å². The van der Waals surface area contributed by atoms with Crippen molar-refractivity contribution < 1.29 is 4.79 Å². The maximum Gasteiger partial charge on any atom is 0.341 e. The van der Waals surface area contributed by atoms with Crippen molar-refractivity contribution in [1.82, 2.24) is 13.8 Å². The average Bonchev–Trinajstić information content (AvgIpc) is 3.09. The summed E-state index contributed by atoms with van der Waals surface area (Å²) in [4.78, 5) is 37.1. The molecule has 0 bridgehead atoms. The molecule has 6 nitrogen and oxygen atoms in total. The van der Waals surface area contributed by atoms with Crippen molar-refractivity contribution in [1.29, 1.82) is 0 Å². The number of nitrogens with one attached hydrogen (secondary N) is 1. The Balaban J connectivity index is 1.56. The summed E-state index contributed by atoms with van der Waals surface area (Å²) in [7, 11) is 0. The quantitative estimate of drug-likeness (QED) is 0.437. The van der Waals surface area contributed by atoms with Gasteiger partial charge in [-0.1, -0.05) is 75.7 Å². The highest BCUT2D eigenvalue weighted by Crippen LogP contribution is 2.18. The molecule has 1 unspecified atom stereocenters. The Morgan fingerprint density at radius 1 is 0.941 bits per heavy atom. The van der Waals surface area contributed by atoms with Crippen molar-refractivity contribution in [2.75, 3.05) is 0 Å². The van der Waals surface area contributed by atoms with Gasteiger partial charge in [0.1, 0.15) is 0 Å². The van der Waals surface area contributed by atoms with Crippen LogP contribution in [0.4, 0.5) is 0 Å². The smallest absolute Gasteiger partial charge is 0.341 e. The second-order valence-electron chi connectivity index (χ2n) is 9.28. The molecule has 0 aliphatic heterocycles. The lowest BCUT2D eigenvalue weighted by Gasteiger charge is -2.14. The highest BCUT2D eigenvalue weighted by Gasteiger charge is 2.15. The third kappa shape index (κ3) is 6.79. The molecule has 0 radical (unpaired) electrons. The molecule has 1 amide bonds. The summed E-state index contributed by atoms with van der Waals surface area (Å²) in [6.45, 7) is 9.64. The van der Waals surface area contributed by atoms with Crippen molar-refractivity contribution in [2.45, 2.75) is 72.5 Å². The van der Waals surface area contributed by atoms with Gasteiger partial charge in [0.05, 0.1) is 12.5 Å². The van der Waals surface area contributed by atoms with Crippen molar-refractivity contribution in [3.8, 4) is 0 Å². The summed E-state index contributed by atoms with van der Waals surface area (Å²) in [6.07, 6.45) is 2.88. The van der Waals surface area contributed by atoms with Gasteiger partial charge in [0.25, 0.3) is 0 Å². The van der Waals surface area contributed by atoms with Crippen molar-refractivity contribution >= 4 is 17.4 Å². The minimum atomic E-state index is -0.244. The first-order chi connectivity index (χ1) is 16.3. The number of unbranched alkanes of at least 4 members (excludes halogenated alkanes) is 1. The number of hydrogen-bond acceptors (Lipinski definition) is 4. The Morgan fingerprint density at radius 3 is 2.18 bits per heavy atom. The van der Waals surface area contributed by atoms with Gasteiger partial charge in [-0.25, -0.2) is 13.3 Å². The molecule has 0 aliphatic rings. The van der Waals surface area contributed by atoms with E-state index >= 15 is 0 Å². The number of nitrogens with zero attached hydrogens (tertiary/aromatic N) is 2. The average molecular weight is 482 g/mol. The van der Waals surface area contributed by atoms with Crippen LogP contribution in [0.15, 0.2) is 58.1 Å². The zero-order valence-electron chi connectivity index (χ0n) is 20.5. The zero-order chi connectivity index (χ0) is 24.7. The lowest BCUT2D eigenvalue weighted by molar-refractivity contribution is -0.122. The normalized spacial score (nSPS) is 12.1. The van der Waals surface area contributed by atoms with E-state index in [1.165, 1.54) is 14.1 Å². The van der Waals surface area contributed by atoms with Crippen LogP contribution in [0.3, 0.4) is 0 Å². The van der Waals surface area contributed by atoms with Gasteiger partial charge in [0.2, 0.25) is 5.91 Å². The molecule has 1 heterocycles. The van der Waals surface area contributed by atoms with E-state index in [-0.39, 0.29) is 28.9 Å². The molecule has 3 aromatic rings. The van der Waals surface area contributed by atoms with Crippen LogP contribution in [0.5, 0.6) is 0 Å². The molecule has 0 saturated heterocycles. The highest BCUT2D eigenvalue weighted by molar-refractivity contribution is 7.03. The maximum atomic E-state index is 12.7. The SMILES string of the molecule is CCCCn1sc(=O)n(Cc2ccc(CNC(=O)C(C)c3ccc(CC(C)C)cc3)cc2)c1=O. The summed E-state index contributed by atoms with van der Waals surface area (Å²) >= 11 is 0.983. The van der Waals surface area contributed by atoms with Gasteiger partial charge in [-0.2, -0.15) is 0 Å². The number of carbonyl (C=O) groups excluding carboxylic acids is 1. The van der Waals surface area contributed by atoms with Crippen LogP contribution in [0.1, 0.15) is 68.7 Å². The summed E-state index contributed by atoms with van der Waals surface area (Å²) in [5.41, 5.74) is 3.90. The zero-order valence-corrected chi connectivity index (χ0v) is 21.4. The van der Waals surface area contributed by atoms with Gasteiger partial charge < -0.3 is 5.32 Å². The monoisotopic (exact) mass is 481 g/mol. The molecular formula is C27H35N3O3S. The Bertz CT molecular complexity index is 1190. The van der Waals surface area contributed by atoms with Crippen LogP contribution in [0, 0.1) is 5.92 Å². The lowest BCUT2D eigenvalue weighted by Crippen LogP contribution is -2.29. The predicted molar refractivity (Wildman–Crippen MR) is 139 cm³/mol. The van der Waals surface area contributed by atoms with Crippen LogP contribution in [-0.2, 0) is 30.8 Å². The van der Waals surface area contributed by atoms with Crippen LogP contribution in [-0.4, -0.2) is 14.4 Å². The van der Waals surface area contributed by atoms with E-state index in [1.54, 1.807) is 0 Å². The minimum absolute atomic E-state index is 0.0156. The summed E-state index contributed by atoms with van der Waals surface area (Å²) in [6, 6.07) is 15.9. The van der Waals surface area contributed by atoms with Gasteiger partial charge in [0, 0.05) is 24.6 Å². The van der Waals surface area contributed by atoms with Gasteiger partial charge in [-0.05, 0) is 47.9 Å². The van der Waals surface area contributed by atoms with E-state index in [4.69, 9.17) is 0 Å². The second-order valence-corrected chi connectivity index (χ2v) is 10.2. The molecule has 1 atom stereocenters. The van der Waals surface area contributed by atoms with E-state index in [9.17, 15) is 14.4 Å². The van der Waals surface area contributed by atoms with E-state index in [0.29, 0.717) is 19.0 Å². The Hall–Kier alpha value is -2.93. The molecule has 7 heteroatoms. The first-order valence-corrected chi connectivity index (χ1v) is 12.8. The molecular weight excluding hydrogens is 446 g/mol. The Labute approximate surface area is 205 Å². The number of amides is 1. The number of benzene rings is 2. The van der Waals surface area contributed by atoms with Gasteiger partial charge in [-0.3, -0.25) is 9.59 Å². The van der Waals surface area contributed by atoms with Crippen LogP contribution < -0.4 is 15.9 Å². The highest BCUT2D eigenvalue weighted by atomic mass is 32.1. The minimum Gasteiger partial charge on any atom is -0.352 e. The first kappa shape index (κ1) is 25.7. The molecule has 0 fully saturated rings. The third-order valence-corrected chi connectivity index (χ3v) is 6.85. The fourth-order valence-corrected chi connectivity index (χ4v) is 4.65. The number of aromatic nitrogens is 2. The number of rotatable bonds is 11. The number of aryl methyl sites for hydroxylation is 1. The van der Waals surface area contributed by atoms with Crippen LogP contribution in [0.2, 0.25) is 0 Å². The molecule has 3 rings (SSSR count). The third-order valence-electron chi connectivity index (χ3n) is 5.92. The molecule has 0 spiro atoms. The fourth-order valence-electron chi connectivity index (χ4n) is 3.82. The summed E-state index contributed by atoms with van der Waals surface area (Å²) in [5, 5.41) is 3.01. The standard InChI is InChI=1S/C27H35N3O3S/c1-5-6-15-30-26(32)29(27(33)34-30)18-23-9-7-22(8-10-23)17-28-25(31)20(4)24-13-11-21(12-14-24)16-19(2)3/h7-14,19-20H,5-6,15-18H2,1-4H3,(H,28,31). The Kier molecular flexibility index (Phi) is 9.05. The van der Waals surface area contributed by atoms with Gasteiger partial charge in [-0.15, -0.1) is 0 Å². The van der Waals surface area contributed by atoms with Crippen molar-refractivity contribution in [2.24, 2.45) is 5.92 Å². The van der Waals surface area contributed by atoms with Gasteiger partial charge >= 0.3 is 10.6 Å². The van der Waals surface area contributed by atoms with E-state index < -0.39 is 0 Å². The molecule has 0 saturated carbocycles. The lowest BCUT2D eigenvalue weighted by atomic mass is 9.96. The van der Waals surface area contributed by atoms with Crippen molar-refractivity contribution in [3.63, 3.8) is 0 Å². The molecule has 1 aromatic heterocycles. The van der Waals surface area contributed by atoms with E-state index in [2.05, 4.69) is 38.2 Å². The largest absolute Gasteiger partial charge is 0.352 e. The number of hydrogen-bond donors (Lipinski definition) is 1. The fraction of sp³-hybridized carbons (Fsp3) is 0.444. The molecule has 2 aromatic carbocycles. The Morgan fingerprint density at radius 2 is 1.56 bits per heavy atom. The van der Waals surface area contributed by atoms with Crippen LogP contribution >= 0.6 is 11.5 Å². The van der Waals surface area contributed by atoms with E-state index in [0.717, 1.165) is 47.5 Å². The summed E-state index contributed by atoms with van der Waals surface area (Å²) in [5.74, 6) is 0.361. The number of carbonyl (C=O) groups is 1.